The number of ether oxygens (including phenoxy) is 1. The molecule has 154 valence electrons. The van der Waals surface area contributed by atoms with Crippen molar-refractivity contribution in [2.45, 2.75) is 57.3 Å². The van der Waals surface area contributed by atoms with Crippen LogP contribution in [-0.2, 0) is 23.3 Å². The summed E-state index contributed by atoms with van der Waals surface area (Å²) < 4.78 is 7.83. The van der Waals surface area contributed by atoms with Gasteiger partial charge in [0, 0.05) is 47.8 Å². The average Bonchev–Trinajstić information content (AvgIpc) is 3.10. The number of pyridine rings is 1. The highest BCUT2D eigenvalue weighted by molar-refractivity contribution is 5.64. The molecule has 0 aromatic carbocycles. The van der Waals surface area contributed by atoms with Gasteiger partial charge in [-0.1, -0.05) is 6.58 Å². The van der Waals surface area contributed by atoms with E-state index in [1.54, 1.807) is 25.6 Å². The Morgan fingerprint density at radius 1 is 1.38 bits per heavy atom. The van der Waals surface area contributed by atoms with Gasteiger partial charge in [-0.3, -0.25) is 9.88 Å². The zero-order valence-corrected chi connectivity index (χ0v) is 17.9. The Kier molecular flexibility index (Phi) is 5.13. The van der Waals surface area contributed by atoms with E-state index in [0.29, 0.717) is 18.6 Å². The molecule has 0 aliphatic carbocycles. The summed E-state index contributed by atoms with van der Waals surface area (Å²) in [6.45, 7) is 8.43. The van der Waals surface area contributed by atoms with Crippen LogP contribution in [0.1, 0.15) is 53.9 Å². The first-order chi connectivity index (χ1) is 13.9. The number of allylic oxidation sites excluding steroid dienone is 1. The van der Waals surface area contributed by atoms with E-state index >= 15 is 0 Å². The van der Waals surface area contributed by atoms with E-state index in [0.717, 1.165) is 17.7 Å². The first kappa shape index (κ1) is 19.9. The molecule has 5 nitrogen and oxygen atoms in total. The Morgan fingerprint density at radius 3 is 2.76 bits per heavy atom. The van der Waals surface area contributed by atoms with Crippen molar-refractivity contribution in [3.63, 3.8) is 0 Å². The summed E-state index contributed by atoms with van der Waals surface area (Å²) in [5.41, 5.74) is 5.02. The van der Waals surface area contributed by atoms with Crippen LogP contribution >= 0.6 is 0 Å². The van der Waals surface area contributed by atoms with E-state index in [1.807, 2.05) is 19.1 Å². The van der Waals surface area contributed by atoms with Crippen molar-refractivity contribution in [1.82, 2.24) is 14.5 Å². The first-order valence-electron chi connectivity index (χ1n) is 10.3. The van der Waals surface area contributed by atoms with Gasteiger partial charge in [-0.2, -0.15) is 0 Å². The van der Waals surface area contributed by atoms with Crippen LogP contribution in [0.15, 0.2) is 42.9 Å². The Balaban J connectivity index is 1.84. The van der Waals surface area contributed by atoms with Crippen molar-refractivity contribution in [1.29, 1.82) is 0 Å². The number of aromatic nitrogens is 2. The Bertz CT molecular complexity index is 943. The van der Waals surface area contributed by atoms with E-state index in [-0.39, 0.29) is 0 Å². The van der Waals surface area contributed by atoms with Crippen LogP contribution in [0, 0.1) is 6.92 Å². The van der Waals surface area contributed by atoms with Gasteiger partial charge in [-0.05, 0) is 69.1 Å². The van der Waals surface area contributed by atoms with Crippen molar-refractivity contribution in [2.24, 2.45) is 0 Å². The Labute approximate surface area is 173 Å². The second-order valence-corrected chi connectivity index (χ2v) is 8.53. The lowest BCUT2D eigenvalue weighted by atomic mass is 9.95. The number of fused-ring (bicyclic) bond motifs is 4. The molecule has 29 heavy (non-hydrogen) atoms. The zero-order chi connectivity index (χ0) is 20.8. The third-order valence-electron chi connectivity index (χ3n) is 6.82. The van der Waals surface area contributed by atoms with E-state index in [4.69, 9.17) is 4.74 Å². The molecule has 5 heteroatoms. The normalized spacial score (nSPS) is 23.6. The first-order valence-corrected chi connectivity index (χ1v) is 10.3. The number of likely N-dealkylation sites (N-methyl/N-ethyl adjacent to an activating group) is 1. The topological polar surface area (TPSA) is 50.5 Å². The molecular formula is C24H31N3O2. The van der Waals surface area contributed by atoms with E-state index < -0.39 is 5.60 Å². The third kappa shape index (κ3) is 3.32. The molecule has 1 N–H and O–H groups in total. The molecule has 4 heterocycles. The van der Waals surface area contributed by atoms with Crippen molar-refractivity contribution in [3.05, 3.63) is 71.0 Å². The van der Waals surface area contributed by atoms with Crippen molar-refractivity contribution in [3.8, 4) is 0 Å². The number of rotatable bonds is 6. The molecule has 1 fully saturated rings. The fourth-order valence-corrected chi connectivity index (χ4v) is 5.11. The second-order valence-electron chi connectivity index (χ2n) is 8.53. The van der Waals surface area contributed by atoms with Gasteiger partial charge in [0.05, 0.1) is 13.7 Å². The highest BCUT2D eigenvalue weighted by Crippen LogP contribution is 2.47. The summed E-state index contributed by atoms with van der Waals surface area (Å²) in [7, 11) is 3.92. The van der Waals surface area contributed by atoms with Gasteiger partial charge in [-0.15, -0.1) is 0 Å². The highest BCUT2D eigenvalue weighted by Gasteiger charge is 2.42. The number of aliphatic hydroxyl groups is 1. The predicted molar refractivity (Wildman–Crippen MR) is 115 cm³/mol. The minimum Gasteiger partial charge on any atom is -0.497 e. The van der Waals surface area contributed by atoms with Gasteiger partial charge < -0.3 is 14.4 Å². The summed E-state index contributed by atoms with van der Waals surface area (Å²) in [4.78, 5) is 6.61. The van der Waals surface area contributed by atoms with Crippen LogP contribution in [-0.4, -0.2) is 39.8 Å². The fraction of sp³-hybridized carbons (Fsp3) is 0.458. The lowest BCUT2D eigenvalue weighted by Crippen LogP contribution is -2.36. The smallest absolute Gasteiger partial charge is 0.118 e. The molecule has 0 radical (unpaired) electrons. The lowest BCUT2D eigenvalue weighted by Gasteiger charge is -2.34. The molecular weight excluding hydrogens is 362 g/mol. The van der Waals surface area contributed by atoms with Gasteiger partial charge in [0.25, 0.3) is 0 Å². The number of nitrogens with zero attached hydrogens (tertiary/aromatic N) is 3. The summed E-state index contributed by atoms with van der Waals surface area (Å²) >= 11 is 0. The maximum absolute atomic E-state index is 11.3. The van der Waals surface area contributed by atoms with Crippen molar-refractivity contribution in [2.75, 3.05) is 14.2 Å². The summed E-state index contributed by atoms with van der Waals surface area (Å²) in [5, 5.41) is 11.3. The molecule has 2 bridgehead atoms. The van der Waals surface area contributed by atoms with Crippen LogP contribution in [0.5, 0.6) is 0 Å². The van der Waals surface area contributed by atoms with Gasteiger partial charge >= 0.3 is 0 Å². The van der Waals surface area contributed by atoms with E-state index in [2.05, 4.69) is 41.1 Å². The van der Waals surface area contributed by atoms with Gasteiger partial charge in [0.15, 0.2) is 0 Å². The quantitative estimate of drug-likeness (QED) is 0.596. The van der Waals surface area contributed by atoms with Gasteiger partial charge in [-0.25, -0.2) is 0 Å². The molecule has 2 aromatic heterocycles. The summed E-state index contributed by atoms with van der Waals surface area (Å²) in [6.07, 6.45) is 10.7. The largest absolute Gasteiger partial charge is 0.497 e. The Hall–Kier alpha value is -2.37. The van der Waals surface area contributed by atoms with Gasteiger partial charge in [0.2, 0.25) is 0 Å². The molecule has 4 rings (SSSR count). The fourth-order valence-electron chi connectivity index (χ4n) is 5.11. The maximum atomic E-state index is 11.3. The summed E-state index contributed by atoms with van der Waals surface area (Å²) in [5.74, 6) is 0.761. The number of hydrogen-bond acceptors (Lipinski definition) is 4. The number of hydrogen-bond donors (Lipinski definition) is 1. The lowest BCUT2D eigenvalue weighted by molar-refractivity contribution is 0.0363. The standard InChI is InChI=1S/C24H31N3O2/c1-6-19(29-5)14-20-16(2)27(15-24(3,28)17-9-11-25-12-10-17)22-13-18-7-8-21(23(20)22)26(18)4/h6,9-12,14,18,21,28H,1,7-8,13,15H2,2-5H3. The summed E-state index contributed by atoms with van der Waals surface area (Å²) in [6, 6.07) is 4.78. The third-order valence-corrected chi connectivity index (χ3v) is 6.82. The van der Waals surface area contributed by atoms with Crippen molar-refractivity contribution < 1.29 is 9.84 Å². The predicted octanol–water partition coefficient (Wildman–Crippen LogP) is 3.96. The van der Waals surface area contributed by atoms with Crippen molar-refractivity contribution >= 4 is 6.08 Å². The monoisotopic (exact) mass is 393 g/mol. The number of methoxy groups -OCH3 is 1. The van der Waals surface area contributed by atoms with E-state index in [9.17, 15) is 5.11 Å². The second kappa shape index (κ2) is 7.47. The van der Waals surface area contributed by atoms with Crippen LogP contribution in [0.4, 0.5) is 0 Å². The maximum Gasteiger partial charge on any atom is 0.118 e. The molecule has 2 aliphatic heterocycles. The minimum atomic E-state index is -0.980. The van der Waals surface area contributed by atoms with Crippen LogP contribution in [0.25, 0.3) is 6.08 Å². The molecule has 2 aromatic rings. The molecule has 1 saturated heterocycles. The average molecular weight is 394 g/mol. The van der Waals surface area contributed by atoms with Crippen LogP contribution in [0.2, 0.25) is 0 Å². The van der Waals surface area contributed by atoms with Crippen LogP contribution < -0.4 is 0 Å². The van der Waals surface area contributed by atoms with Gasteiger partial charge in [0.1, 0.15) is 11.4 Å². The molecule has 3 atom stereocenters. The molecule has 0 amide bonds. The molecule has 0 spiro atoms. The SMILES string of the molecule is C=CC(=Cc1c2c(n(CC(C)(O)c3ccncc3)c1C)CC1CCC2N1C)OC. The molecule has 0 saturated carbocycles. The van der Waals surface area contributed by atoms with E-state index in [1.165, 1.54) is 35.4 Å². The van der Waals surface area contributed by atoms with Crippen LogP contribution in [0.3, 0.4) is 0 Å². The minimum absolute atomic E-state index is 0.420. The molecule has 3 unspecified atom stereocenters. The molecule has 2 aliphatic rings. The Morgan fingerprint density at radius 2 is 2.10 bits per heavy atom. The highest BCUT2D eigenvalue weighted by atomic mass is 16.5. The zero-order valence-electron chi connectivity index (χ0n) is 17.9.